The van der Waals surface area contributed by atoms with Crippen LogP contribution in [0.2, 0.25) is 0 Å². The first-order chi connectivity index (χ1) is 12.7. The zero-order valence-electron chi connectivity index (χ0n) is 14.4. The highest BCUT2D eigenvalue weighted by molar-refractivity contribution is 5.98. The van der Waals surface area contributed by atoms with Gasteiger partial charge in [0.1, 0.15) is 11.5 Å². The van der Waals surface area contributed by atoms with Crippen molar-refractivity contribution >= 4 is 16.8 Å². The fourth-order valence-electron chi connectivity index (χ4n) is 2.59. The summed E-state index contributed by atoms with van der Waals surface area (Å²) in [6.45, 7) is 7.77. The van der Waals surface area contributed by atoms with E-state index >= 15 is 0 Å². The fraction of sp³-hybridized carbons (Fsp3) is 0.0455. The van der Waals surface area contributed by atoms with E-state index in [4.69, 9.17) is 4.74 Å². The van der Waals surface area contributed by atoms with Crippen molar-refractivity contribution in [3.8, 4) is 5.75 Å². The number of nitrogens with one attached hydrogen (secondary N) is 2. The highest BCUT2D eigenvalue weighted by Gasteiger charge is 2.07. The Balaban J connectivity index is 1.66. The Morgan fingerprint density at radius 2 is 2.04 bits per heavy atom. The van der Waals surface area contributed by atoms with Gasteiger partial charge in [-0.1, -0.05) is 31.4 Å². The summed E-state index contributed by atoms with van der Waals surface area (Å²) < 4.78 is 5.73. The zero-order chi connectivity index (χ0) is 18.4. The van der Waals surface area contributed by atoms with Gasteiger partial charge in [0.25, 0.3) is 5.91 Å². The minimum atomic E-state index is -0.113. The van der Waals surface area contributed by atoms with E-state index in [0.29, 0.717) is 23.6 Å². The lowest BCUT2D eigenvalue weighted by Gasteiger charge is -2.09. The third-order valence-electron chi connectivity index (χ3n) is 3.89. The molecule has 0 saturated heterocycles. The monoisotopic (exact) mass is 344 g/mol. The van der Waals surface area contributed by atoms with Crippen molar-refractivity contribution in [2.75, 3.05) is 0 Å². The van der Waals surface area contributed by atoms with Gasteiger partial charge in [0.05, 0.1) is 0 Å². The number of benzene rings is 2. The van der Waals surface area contributed by atoms with E-state index in [0.717, 1.165) is 16.5 Å². The van der Waals surface area contributed by atoms with Crippen LogP contribution in [0.4, 0.5) is 0 Å². The van der Waals surface area contributed by atoms with Crippen LogP contribution in [0.5, 0.6) is 5.75 Å². The average Bonchev–Trinajstić information content (AvgIpc) is 3.14. The van der Waals surface area contributed by atoms with Gasteiger partial charge in [-0.3, -0.25) is 4.79 Å². The Kier molecular flexibility index (Phi) is 5.34. The van der Waals surface area contributed by atoms with Crippen molar-refractivity contribution in [2.24, 2.45) is 0 Å². The van der Waals surface area contributed by atoms with Crippen molar-refractivity contribution in [2.45, 2.75) is 6.54 Å². The van der Waals surface area contributed by atoms with Gasteiger partial charge in [-0.2, -0.15) is 0 Å². The van der Waals surface area contributed by atoms with Gasteiger partial charge in [-0.25, -0.2) is 0 Å². The molecule has 0 saturated carbocycles. The van der Waals surface area contributed by atoms with E-state index in [1.54, 1.807) is 18.2 Å². The summed E-state index contributed by atoms with van der Waals surface area (Å²) in [4.78, 5) is 15.5. The molecule has 0 unspecified atom stereocenters. The molecule has 1 aromatic heterocycles. The van der Waals surface area contributed by atoms with Crippen molar-refractivity contribution in [3.05, 3.63) is 103 Å². The standard InChI is InChI=1S/C22H20N2O2/c1-3-6-19(4-2)26-20-8-5-7-16(13-20)15-24-22(25)18-9-10-21-17(14-18)11-12-23-21/h3-14,23H,1-2,15H2,(H,24,25)/b19-6+. The molecule has 0 atom stereocenters. The number of carbonyl (C=O) groups is 1. The highest BCUT2D eigenvalue weighted by Crippen LogP contribution is 2.17. The normalized spacial score (nSPS) is 11.2. The summed E-state index contributed by atoms with van der Waals surface area (Å²) in [5.41, 5.74) is 2.59. The molecule has 0 aliphatic carbocycles. The van der Waals surface area contributed by atoms with Gasteiger partial charge in [-0.05, 0) is 54.1 Å². The summed E-state index contributed by atoms with van der Waals surface area (Å²) >= 11 is 0. The molecule has 4 heteroatoms. The van der Waals surface area contributed by atoms with E-state index in [1.165, 1.54) is 0 Å². The second-order valence-corrected chi connectivity index (χ2v) is 5.72. The van der Waals surface area contributed by atoms with Gasteiger partial charge in [0, 0.05) is 29.2 Å². The average molecular weight is 344 g/mol. The molecule has 2 N–H and O–H groups in total. The molecule has 3 rings (SSSR count). The first-order valence-electron chi connectivity index (χ1n) is 8.27. The van der Waals surface area contributed by atoms with Crippen molar-refractivity contribution in [1.29, 1.82) is 0 Å². The summed E-state index contributed by atoms with van der Waals surface area (Å²) in [5.74, 6) is 1.18. The Morgan fingerprint density at radius 1 is 1.15 bits per heavy atom. The maximum absolute atomic E-state index is 12.4. The molecule has 1 heterocycles. The van der Waals surface area contributed by atoms with E-state index in [1.807, 2.05) is 54.7 Å². The first-order valence-corrected chi connectivity index (χ1v) is 8.27. The molecule has 3 aromatic rings. The molecule has 0 radical (unpaired) electrons. The second kappa shape index (κ2) is 8.03. The van der Waals surface area contributed by atoms with Crippen LogP contribution in [0.25, 0.3) is 10.9 Å². The number of aromatic nitrogens is 1. The van der Waals surface area contributed by atoms with Crippen LogP contribution >= 0.6 is 0 Å². The van der Waals surface area contributed by atoms with Crippen molar-refractivity contribution in [1.82, 2.24) is 10.3 Å². The molecule has 0 spiro atoms. The number of fused-ring (bicyclic) bond motifs is 1. The Hall–Kier alpha value is -3.53. The van der Waals surface area contributed by atoms with Crippen LogP contribution in [-0.4, -0.2) is 10.9 Å². The topological polar surface area (TPSA) is 54.1 Å². The lowest BCUT2D eigenvalue weighted by atomic mass is 10.1. The maximum Gasteiger partial charge on any atom is 0.251 e. The molecule has 0 fully saturated rings. The molecule has 26 heavy (non-hydrogen) atoms. The van der Waals surface area contributed by atoms with Gasteiger partial charge < -0.3 is 15.0 Å². The largest absolute Gasteiger partial charge is 0.457 e. The number of hydrogen-bond acceptors (Lipinski definition) is 2. The quantitative estimate of drug-likeness (QED) is 0.481. The number of ether oxygens (including phenoxy) is 1. The third kappa shape index (κ3) is 4.11. The number of rotatable bonds is 7. The molecule has 0 aliphatic heterocycles. The van der Waals surface area contributed by atoms with Gasteiger partial charge in [0.15, 0.2) is 0 Å². The van der Waals surface area contributed by atoms with E-state index in [2.05, 4.69) is 23.5 Å². The minimum Gasteiger partial charge on any atom is -0.457 e. The molecule has 0 aliphatic rings. The fourth-order valence-corrected chi connectivity index (χ4v) is 2.59. The lowest BCUT2D eigenvalue weighted by Crippen LogP contribution is -2.22. The number of allylic oxidation sites excluding steroid dienone is 3. The van der Waals surface area contributed by atoms with E-state index in [-0.39, 0.29) is 5.91 Å². The third-order valence-corrected chi connectivity index (χ3v) is 3.89. The van der Waals surface area contributed by atoms with E-state index < -0.39 is 0 Å². The SMILES string of the molecule is C=C/C=C(\C=C)Oc1cccc(CNC(=O)c2ccc3[nH]ccc3c2)c1. The number of carbonyl (C=O) groups excluding carboxylic acids is 1. The van der Waals surface area contributed by atoms with Crippen molar-refractivity contribution < 1.29 is 9.53 Å². The van der Waals surface area contributed by atoms with Crippen LogP contribution in [0.3, 0.4) is 0 Å². The van der Waals surface area contributed by atoms with Gasteiger partial charge in [0.2, 0.25) is 0 Å². The predicted molar refractivity (Wildman–Crippen MR) is 105 cm³/mol. The smallest absolute Gasteiger partial charge is 0.251 e. The number of H-pyrrole nitrogens is 1. The number of aromatic amines is 1. The molecule has 2 aromatic carbocycles. The Labute approximate surface area is 152 Å². The van der Waals surface area contributed by atoms with Crippen LogP contribution < -0.4 is 10.1 Å². The molecule has 0 bridgehead atoms. The van der Waals surface area contributed by atoms with Crippen LogP contribution in [-0.2, 0) is 6.54 Å². The summed E-state index contributed by atoms with van der Waals surface area (Å²) in [5, 5.41) is 3.95. The zero-order valence-corrected chi connectivity index (χ0v) is 14.4. The molecular weight excluding hydrogens is 324 g/mol. The molecule has 130 valence electrons. The molecule has 4 nitrogen and oxygen atoms in total. The van der Waals surface area contributed by atoms with Crippen LogP contribution in [0, 0.1) is 0 Å². The molecule has 1 amide bonds. The number of amides is 1. The Morgan fingerprint density at radius 3 is 2.85 bits per heavy atom. The summed E-state index contributed by atoms with van der Waals surface area (Å²) in [7, 11) is 0. The van der Waals surface area contributed by atoms with Crippen LogP contribution in [0.1, 0.15) is 15.9 Å². The predicted octanol–water partition coefficient (Wildman–Crippen LogP) is 4.73. The summed E-state index contributed by atoms with van der Waals surface area (Å²) in [6, 6.07) is 15.1. The minimum absolute atomic E-state index is 0.113. The van der Waals surface area contributed by atoms with Gasteiger partial charge in [-0.15, -0.1) is 0 Å². The first kappa shape index (κ1) is 17.3. The summed E-state index contributed by atoms with van der Waals surface area (Å²) in [6.07, 6.45) is 6.85. The lowest BCUT2D eigenvalue weighted by molar-refractivity contribution is 0.0951. The second-order valence-electron chi connectivity index (χ2n) is 5.72. The molecular formula is C22H20N2O2. The van der Waals surface area contributed by atoms with Crippen molar-refractivity contribution in [3.63, 3.8) is 0 Å². The van der Waals surface area contributed by atoms with E-state index in [9.17, 15) is 4.79 Å². The number of hydrogen-bond donors (Lipinski definition) is 2. The highest BCUT2D eigenvalue weighted by atomic mass is 16.5. The van der Waals surface area contributed by atoms with Gasteiger partial charge >= 0.3 is 0 Å². The Bertz CT molecular complexity index is 982. The maximum atomic E-state index is 12.4. The van der Waals surface area contributed by atoms with Crippen LogP contribution in [0.15, 0.2) is 91.9 Å².